The molecular weight excluding hydrogens is 280 g/mol. The van der Waals surface area contributed by atoms with Crippen molar-refractivity contribution in [2.24, 2.45) is 5.92 Å². The fraction of sp³-hybridized carbons (Fsp3) is 0.765. The van der Waals surface area contributed by atoms with Crippen LogP contribution >= 0.6 is 0 Å². The summed E-state index contributed by atoms with van der Waals surface area (Å²) in [4.78, 5) is 25.2. The Labute approximate surface area is 133 Å². The highest BCUT2D eigenvalue weighted by Gasteiger charge is 2.36. The minimum atomic E-state index is -0.817. The van der Waals surface area contributed by atoms with Crippen molar-refractivity contribution in [1.82, 2.24) is 10.2 Å². The number of nitrogens with zero attached hydrogens (tertiary/aromatic N) is 1. The maximum absolute atomic E-state index is 11.5. The smallest absolute Gasteiger partial charge is 0.331 e. The Kier molecular flexibility index (Phi) is 7.59. The minimum Gasteiger partial charge on any atom is -0.478 e. The minimum absolute atomic E-state index is 0.00948. The normalized spacial score (nSPS) is 23.0. The summed E-state index contributed by atoms with van der Waals surface area (Å²) in [6.07, 6.45) is 5.05. The van der Waals surface area contributed by atoms with Crippen LogP contribution < -0.4 is 5.32 Å². The van der Waals surface area contributed by atoms with Gasteiger partial charge in [0.2, 0.25) is 5.91 Å². The number of carboxylic acid groups (broad SMARTS) is 1. The van der Waals surface area contributed by atoms with Gasteiger partial charge >= 0.3 is 5.97 Å². The summed E-state index contributed by atoms with van der Waals surface area (Å²) >= 11 is 0. The molecule has 0 fully saturated rings. The average Bonchev–Trinajstić information content (AvgIpc) is 2.47. The SMILES string of the molecule is CCC[C@H](NC(C)=O)[C@@H]1CC=C(C(=O)O)C[C@@H]1N(CC)CC. The van der Waals surface area contributed by atoms with Crippen molar-refractivity contribution in [2.45, 2.75) is 65.5 Å². The predicted octanol–water partition coefficient (Wildman–Crippen LogP) is 2.42. The number of hydrogen-bond donors (Lipinski definition) is 2. The number of carbonyl (C=O) groups is 2. The van der Waals surface area contributed by atoms with Gasteiger partial charge in [-0.1, -0.05) is 33.3 Å². The second-order valence-electron chi connectivity index (χ2n) is 6.02. The Morgan fingerprint density at radius 3 is 2.45 bits per heavy atom. The van der Waals surface area contributed by atoms with E-state index in [9.17, 15) is 14.7 Å². The summed E-state index contributed by atoms with van der Waals surface area (Å²) in [6.45, 7) is 9.66. The molecule has 1 amide bonds. The molecule has 3 atom stereocenters. The molecule has 2 N–H and O–H groups in total. The third-order valence-electron chi connectivity index (χ3n) is 4.62. The summed E-state index contributed by atoms with van der Waals surface area (Å²) in [6, 6.07) is 0.286. The first-order chi connectivity index (χ1) is 10.4. The third kappa shape index (κ3) is 4.83. The second-order valence-corrected chi connectivity index (χ2v) is 6.02. The second kappa shape index (κ2) is 8.93. The summed E-state index contributed by atoms with van der Waals surface area (Å²) in [5, 5.41) is 12.4. The van der Waals surface area contributed by atoms with E-state index in [0.29, 0.717) is 18.4 Å². The average molecular weight is 310 g/mol. The molecule has 0 aliphatic heterocycles. The Morgan fingerprint density at radius 1 is 1.36 bits per heavy atom. The van der Waals surface area contributed by atoms with E-state index in [4.69, 9.17) is 0 Å². The van der Waals surface area contributed by atoms with E-state index in [1.54, 1.807) is 6.92 Å². The van der Waals surface area contributed by atoms with E-state index in [0.717, 1.165) is 25.9 Å². The highest BCUT2D eigenvalue weighted by molar-refractivity contribution is 5.86. The van der Waals surface area contributed by atoms with Gasteiger partial charge in [-0.25, -0.2) is 4.79 Å². The monoisotopic (exact) mass is 310 g/mol. The van der Waals surface area contributed by atoms with Crippen molar-refractivity contribution in [3.8, 4) is 0 Å². The van der Waals surface area contributed by atoms with Crippen molar-refractivity contribution in [1.29, 1.82) is 0 Å². The quantitative estimate of drug-likeness (QED) is 0.722. The van der Waals surface area contributed by atoms with Gasteiger partial charge in [0.05, 0.1) is 0 Å². The van der Waals surface area contributed by atoms with Gasteiger partial charge in [-0.3, -0.25) is 4.79 Å². The molecule has 0 aromatic carbocycles. The molecule has 5 nitrogen and oxygen atoms in total. The van der Waals surface area contributed by atoms with Crippen molar-refractivity contribution >= 4 is 11.9 Å². The molecule has 0 heterocycles. The lowest BCUT2D eigenvalue weighted by Crippen LogP contribution is -2.51. The van der Waals surface area contributed by atoms with Gasteiger partial charge < -0.3 is 15.3 Å². The van der Waals surface area contributed by atoms with Crippen LogP contribution in [0.5, 0.6) is 0 Å². The Bertz CT molecular complexity index is 416. The van der Waals surface area contributed by atoms with Crippen LogP contribution in [-0.4, -0.2) is 47.1 Å². The molecule has 0 aromatic heterocycles. The predicted molar refractivity (Wildman–Crippen MR) is 87.7 cm³/mol. The number of allylic oxidation sites excluding steroid dienone is 1. The maximum Gasteiger partial charge on any atom is 0.331 e. The first-order valence-corrected chi connectivity index (χ1v) is 8.37. The van der Waals surface area contributed by atoms with E-state index in [-0.39, 0.29) is 23.9 Å². The number of carbonyl (C=O) groups excluding carboxylic acids is 1. The van der Waals surface area contributed by atoms with Crippen LogP contribution in [-0.2, 0) is 9.59 Å². The third-order valence-corrected chi connectivity index (χ3v) is 4.62. The fourth-order valence-electron chi connectivity index (χ4n) is 3.56. The topological polar surface area (TPSA) is 69.6 Å². The van der Waals surface area contributed by atoms with Gasteiger partial charge in [-0.15, -0.1) is 0 Å². The van der Waals surface area contributed by atoms with Crippen LogP contribution in [0.15, 0.2) is 11.6 Å². The van der Waals surface area contributed by atoms with Gasteiger partial charge in [0.25, 0.3) is 0 Å². The highest BCUT2D eigenvalue weighted by atomic mass is 16.4. The molecule has 0 saturated heterocycles. The van der Waals surface area contributed by atoms with E-state index in [1.165, 1.54) is 0 Å². The molecule has 0 bridgehead atoms. The molecule has 126 valence electrons. The van der Waals surface area contributed by atoms with Crippen molar-refractivity contribution < 1.29 is 14.7 Å². The molecule has 0 spiro atoms. The maximum atomic E-state index is 11.5. The van der Waals surface area contributed by atoms with Crippen LogP contribution in [0.3, 0.4) is 0 Å². The zero-order valence-corrected chi connectivity index (χ0v) is 14.3. The zero-order valence-electron chi connectivity index (χ0n) is 14.3. The fourth-order valence-corrected chi connectivity index (χ4v) is 3.56. The molecule has 5 heteroatoms. The van der Waals surface area contributed by atoms with Crippen molar-refractivity contribution in [3.63, 3.8) is 0 Å². The Morgan fingerprint density at radius 2 is 2.00 bits per heavy atom. The number of nitrogens with one attached hydrogen (secondary N) is 1. The van der Waals surface area contributed by atoms with Crippen LogP contribution in [0.2, 0.25) is 0 Å². The first kappa shape index (κ1) is 18.7. The number of aliphatic carboxylic acids is 1. The van der Waals surface area contributed by atoms with E-state index >= 15 is 0 Å². The molecule has 1 aliphatic carbocycles. The van der Waals surface area contributed by atoms with E-state index in [2.05, 4.69) is 31.0 Å². The molecule has 1 aliphatic rings. The number of hydrogen-bond acceptors (Lipinski definition) is 3. The van der Waals surface area contributed by atoms with Gasteiger partial charge in [0.1, 0.15) is 0 Å². The summed E-state index contributed by atoms with van der Waals surface area (Å²) < 4.78 is 0. The highest BCUT2D eigenvalue weighted by Crippen LogP contribution is 2.32. The van der Waals surface area contributed by atoms with Gasteiger partial charge in [-0.2, -0.15) is 0 Å². The Hall–Kier alpha value is -1.36. The molecule has 1 rings (SSSR count). The van der Waals surface area contributed by atoms with Crippen molar-refractivity contribution in [2.75, 3.05) is 13.1 Å². The number of amides is 1. The lowest BCUT2D eigenvalue weighted by molar-refractivity contribution is -0.133. The molecule has 0 aromatic rings. The van der Waals surface area contributed by atoms with Crippen LogP contribution in [0.4, 0.5) is 0 Å². The summed E-state index contributed by atoms with van der Waals surface area (Å²) in [5.41, 5.74) is 0.506. The van der Waals surface area contributed by atoms with Crippen LogP contribution in [0, 0.1) is 5.92 Å². The zero-order chi connectivity index (χ0) is 16.7. The van der Waals surface area contributed by atoms with E-state index in [1.807, 2.05) is 6.08 Å². The van der Waals surface area contributed by atoms with E-state index < -0.39 is 5.97 Å². The summed E-state index contributed by atoms with van der Waals surface area (Å²) in [7, 11) is 0. The van der Waals surface area contributed by atoms with Gasteiger partial charge in [0.15, 0.2) is 0 Å². The van der Waals surface area contributed by atoms with Gasteiger partial charge in [-0.05, 0) is 38.3 Å². The van der Waals surface area contributed by atoms with Crippen LogP contribution in [0.1, 0.15) is 53.4 Å². The lowest BCUT2D eigenvalue weighted by Gasteiger charge is -2.42. The molecule has 0 radical (unpaired) electrons. The van der Waals surface area contributed by atoms with Crippen LogP contribution in [0.25, 0.3) is 0 Å². The molecular formula is C17H30N2O3. The standard InChI is InChI=1S/C17H30N2O3/c1-5-8-15(18-12(4)20)14-10-9-13(17(21)22)11-16(14)19(6-2)7-3/h9,14-16H,5-8,10-11H2,1-4H3,(H,18,20)(H,21,22)/t14-,15-,16-/m0/s1. The van der Waals surface area contributed by atoms with Crippen molar-refractivity contribution in [3.05, 3.63) is 11.6 Å². The molecule has 0 saturated carbocycles. The lowest BCUT2D eigenvalue weighted by atomic mass is 9.78. The first-order valence-electron chi connectivity index (χ1n) is 8.37. The summed E-state index contributed by atoms with van der Waals surface area (Å²) in [5.74, 6) is -0.557. The van der Waals surface area contributed by atoms with Gasteiger partial charge in [0, 0.05) is 24.6 Å². The number of carboxylic acids is 1. The molecule has 0 unspecified atom stereocenters. The Balaban J connectivity index is 3.04. The molecule has 22 heavy (non-hydrogen) atoms. The number of rotatable bonds is 8. The largest absolute Gasteiger partial charge is 0.478 e.